The van der Waals surface area contributed by atoms with Crippen molar-refractivity contribution in [2.75, 3.05) is 20.1 Å². The number of hydrogen-bond acceptors (Lipinski definition) is 4. The van der Waals surface area contributed by atoms with Crippen LogP contribution in [0.5, 0.6) is 0 Å². The number of fused-ring (bicyclic) bond motifs is 1. The van der Waals surface area contributed by atoms with Gasteiger partial charge in [-0.2, -0.15) is 0 Å². The largest absolute Gasteiger partial charge is 0.334 e. The van der Waals surface area contributed by atoms with E-state index in [0.717, 1.165) is 24.0 Å². The molecule has 35 heavy (non-hydrogen) atoms. The van der Waals surface area contributed by atoms with Crippen LogP contribution in [0, 0.1) is 0 Å². The molecule has 0 radical (unpaired) electrons. The molecule has 2 aromatic rings. The first-order valence-electron chi connectivity index (χ1n) is 12.4. The van der Waals surface area contributed by atoms with E-state index in [2.05, 4.69) is 19.2 Å². The molecule has 0 saturated carbocycles. The van der Waals surface area contributed by atoms with E-state index in [9.17, 15) is 14.4 Å². The number of amides is 4. The summed E-state index contributed by atoms with van der Waals surface area (Å²) in [5.74, 6) is -0.176. The molecule has 2 fully saturated rings. The topological polar surface area (TPSA) is 76.2 Å². The Morgan fingerprint density at radius 2 is 1.57 bits per heavy atom. The molecule has 0 bridgehead atoms. The molecule has 2 saturated heterocycles. The summed E-state index contributed by atoms with van der Waals surface area (Å²) in [6.07, 6.45) is 1.49. The van der Waals surface area contributed by atoms with Gasteiger partial charge in [0.2, 0.25) is 11.8 Å². The van der Waals surface area contributed by atoms with E-state index in [-0.39, 0.29) is 30.4 Å². The van der Waals surface area contributed by atoms with Gasteiger partial charge in [-0.25, -0.2) is 14.8 Å². The van der Waals surface area contributed by atoms with Crippen LogP contribution < -0.4 is 5.32 Å². The summed E-state index contributed by atoms with van der Waals surface area (Å²) in [7, 11) is 1.75. The monoisotopic (exact) mass is 477 g/mol. The van der Waals surface area contributed by atoms with Gasteiger partial charge in [0.15, 0.2) is 0 Å². The number of piperazine rings is 1. The van der Waals surface area contributed by atoms with Gasteiger partial charge >= 0.3 is 6.03 Å². The molecule has 2 heterocycles. The van der Waals surface area contributed by atoms with E-state index in [4.69, 9.17) is 0 Å². The summed E-state index contributed by atoms with van der Waals surface area (Å²) in [6, 6.07) is 18.6. The zero-order chi connectivity index (χ0) is 24.9. The summed E-state index contributed by atoms with van der Waals surface area (Å²) < 4.78 is 0. The molecule has 186 valence electrons. The average molecular weight is 478 g/mol. The number of nitrogens with one attached hydrogen (secondary N) is 1. The SMILES string of the molecule is CCC(CC)N1C[C@H]2N(C(=O)CN(C)N2C(=O)NCc2ccccc2)[C@@H](Cc2ccccc2)C1=O. The van der Waals surface area contributed by atoms with Crippen molar-refractivity contribution in [3.8, 4) is 0 Å². The third kappa shape index (κ3) is 5.17. The predicted octanol–water partition coefficient (Wildman–Crippen LogP) is 2.86. The van der Waals surface area contributed by atoms with E-state index in [1.54, 1.807) is 22.0 Å². The van der Waals surface area contributed by atoms with Gasteiger partial charge in [0.05, 0.1) is 13.1 Å². The lowest BCUT2D eigenvalue weighted by Gasteiger charge is -2.55. The maximum absolute atomic E-state index is 13.8. The van der Waals surface area contributed by atoms with Crippen molar-refractivity contribution in [2.24, 2.45) is 0 Å². The predicted molar refractivity (Wildman–Crippen MR) is 134 cm³/mol. The maximum Gasteiger partial charge on any atom is 0.334 e. The second-order valence-electron chi connectivity index (χ2n) is 9.25. The van der Waals surface area contributed by atoms with Crippen LogP contribution in [-0.2, 0) is 22.6 Å². The normalized spacial score (nSPS) is 20.9. The van der Waals surface area contributed by atoms with Crippen molar-refractivity contribution in [3.05, 3.63) is 71.8 Å². The highest BCUT2D eigenvalue weighted by molar-refractivity contribution is 5.91. The highest BCUT2D eigenvalue weighted by Gasteiger charge is 2.51. The molecule has 0 aromatic heterocycles. The molecule has 2 atom stereocenters. The molecule has 0 spiro atoms. The Morgan fingerprint density at radius 3 is 2.17 bits per heavy atom. The minimum Gasteiger partial charge on any atom is -0.334 e. The van der Waals surface area contributed by atoms with Crippen molar-refractivity contribution in [1.29, 1.82) is 0 Å². The number of urea groups is 1. The Bertz CT molecular complexity index is 1030. The molecule has 4 rings (SSSR count). The number of likely N-dealkylation sites (N-methyl/N-ethyl adjacent to an activating group) is 1. The number of carbonyl (C=O) groups excluding carboxylic acids is 3. The fourth-order valence-corrected chi connectivity index (χ4v) is 5.21. The Kier molecular flexibility index (Phi) is 7.70. The zero-order valence-corrected chi connectivity index (χ0v) is 20.8. The number of carbonyl (C=O) groups is 3. The molecule has 2 aromatic carbocycles. The van der Waals surface area contributed by atoms with Crippen LogP contribution in [0.3, 0.4) is 0 Å². The van der Waals surface area contributed by atoms with Gasteiger partial charge in [-0.3, -0.25) is 9.59 Å². The van der Waals surface area contributed by atoms with Crippen molar-refractivity contribution in [1.82, 2.24) is 25.1 Å². The van der Waals surface area contributed by atoms with Crippen LogP contribution in [0.15, 0.2) is 60.7 Å². The molecule has 0 unspecified atom stereocenters. The summed E-state index contributed by atoms with van der Waals surface area (Å²) >= 11 is 0. The van der Waals surface area contributed by atoms with E-state index in [1.807, 2.05) is 65.6 Å². The maximum atomic E-state index is 13.8. The molecule has 8 nitrogen and oxygen atoms in total. The number of hydrazine groups is 1. The fraction of sp³-hybridized carbons (Fsp3) is 0.444. The zero-order valence-electron chi connectivity index (χ0n) is 20.8. The molecular weight excluding hydrogens is 442 g/mol. The van der Waals surface area contributed by atoms with Gasteiger partial charge in [-0.15, -0.1) is 0 Å². The number of nitrogens with zero attached hydrogens (tertiary/aromatic N) is 4. The standard InChI is InChI=1S/C27H35N5O3/c1-4-22(5-2)30-18-24-31(23(26(30)34)16-20-12-8-6-9-13-20)25(33)19-29(3)32(24)27(35)28-17-21-14-10-7-11-15-21/h6-15,22-24H,4-5,16-19H2,1-3H3,(H,28,35)/t23-,24-/m0/s1. The highest BCUT2D eigenvalue weighted by atomic mass is 16.2. The minimum atomic E-state index is -0.651. The van der Waals surface area contributed by atoms with Crippen LogP contribution in [0.2, 0.25) is 0 Å². The Balaban J connectivity index is 1.65. The van der Waals surface area contributed by atoms with Crippen LogP contribution in [0.1, 0.15) is 37.8 Å². The lowest BCUT2D eigenvalue weighted by Crippen LogP contribution is -2.76. The lowest BCUT2D eigenvalue weighted by atomic mass is 9.96. The molecule has 2 aliphatic heterocycles. The number of hydrogen-bond donors (Lipinski definition) is 1. The molecule has 1 N–H and O–H groups in total. The van der Waals surface area contributed by atoms with Gasteiger partial charge in [-0.1, -0.05) is 74.5 Å². The number of benzene rings is 2. The summed E-state index contributed by atoms with van der Waals surface area (Å²) in [6.45, 7) is 4.86. The summed E-state index contributed by atoms with van der Waals surface area (Å²) in [5.41, 5.74) is 1.98. The molecule has 4 amide bonds. The third-order valence-corrected chi connectivity index (χ3v) is 7.04. The average Bonchev–Trinajstić information content (AvgIpc) is 2.87. The van der Waals surface area contributed by atoms with Gasteiger partial charge in [0, 0.05) is 26.1 Å². The van der Waals surface area contributed by atoms with E-state index in [1.165, 1.54) is 0 Å². The summed E-state index contributed by atoms with van der Waals surface area (Å²) in [5, 5.41) is 6.28. The van der Waals surface area contributed by atoms with Crippen LogP contribution in [-0.4, -0.2) is 76.0 Å². The highest BCUT2D eigenvalue weighted by Crippen LogP contribution is 2.29. The van der Waals surface area contributed by atoms with Gasteiger partial charge in [0.1, 0.15) is 12.2 Å². The fourth-order valence-electron chi connectivity index (χ4n) is 5.21. The van der Waals surface area contributed by atoms with E-state index in [0.29, 0.717) is 19.5 Å². The lowest BCUT2D eigenvalue weighted by molar-refractivity contribution is -0.189. The summed E-state index contributed by atoms with van der Waals surface area (Å²) in [4.78, 5) is 44.0. The van der Waals surface area contributed by atoms with Crippen molar-refractivity contribution in [2.45, 2.75) is 57.9 Å². The second-order valence-corrected chi connectivity index (χ2v) is 9.25. The van der Waals surface area contributed by atoms with Crippen molar-refractivity contribution < 1.29 is 14.4 Å². The molecule has 8 heteroatoms. The Morgan fingerprint density at radius 1 is 0.971 bits per heavy atom. The van der Waals surface area contributed by atoms with Crippen LogP contribution >= 0.6 is 0 Å². The van der Waals surface area contributed by atoms with Crippen LogP contribution in [0.25, 0.3) is 0 Å². The Labute approximate surface area is 207 Å². The first kappa shape index (κ1) is 24.7. The van der Waals surface area contributed by atoms with Gasteiger partial charge in [0.25, 0.3) is 0 Å². The third-order valence-electron chi connectivity index (χ3n) is 7.04. The first-order valence-corrected chi connectivity index (χ1v) is 12.4. The second kappa shape index (κ2) is 10.9. The quantitative estimate of drug-likeness (QED) is 0.666. The molecular formula is C27H35N5O3. The number of rotatable bonds is 7. The minimum absolute atomic E-state index is 0.0404. The van der Waals surface area contributed by atoms with Gasteiger partial charge < -0.3 is 15.1 Å². The van der Waals surface area contributed by atoms with Crippen molar-refractivity contribution >= 4 is 17.8 Å². The Hall–Kier alpha value is -3.39. The van der Waals surface area contributed by atoms with Crippen LogP contribution in [0.4, 0.5) is 4.79 Å². The van der Waals surface area contributed by atoms with E-state index < -0.39 is 12.2 Å². The molecule has 2 aliphatic rings. The van der Waals surface area contributed by atoms with E-state index >= 15 is 0 Å². The molecule has 0 aliphatic carbocycles. The first-order chi connectivity index (χ1) is 16.9. The van der Waals surface area contributed by atoms with Crippen molar-refractivity contribution in [3.63, 3.8) is 0 Å². The smallest absolute Gasteiger partial charge is 0.334 e. The van der Waals surface area contributed by atoms with Gasteiger partial charge in [-0.05, 0) is 24.0 Å².